The Hall–Kier alpha value is -1.44. The molecule has 1 fully saturated rings. The first-order valence-electron chi connectivity index (χ1n) is 9.14. The number of nitrogens with one attached hydrogen (secondary N) is 1. The van der Waals surface area contributed by atoms with E-state index in [1.165, 1.54) is 0 Å². The van der Waals surface area contributed by atoms with Crippen LogP contribution in [-0.2, 0) is 14.8 Å². The van der Waals surface area contributed by atoms with Crippen LogP contribution in [0.15, 0.2) is 4.90 Å². The summed E-state index contributed by atoms with van der Waals surface area (Å²) in [6.45, 7) is 11.7. The van der Waals surface area contributed by atoms with Gasteiger partial charge in [-0.1, -0.05) is 0 Å². The van der Waals surface area contributed by atoms with Crippen LogP contribution in [0.4, 0.5) is 0 Å². The topological polar surface area (TPSA) is 92.5 Å². The molecule has 146 valence electrons. The van der Waals surface area contributed by atoms with Gasteiger partial charge < -0.3 is 10.6 Å². The number of likely N-dealkylation sites (tertiary alicyclic amines) is 1. The molecule has 7 heteroatoms. The van der Waals surface area contributed by atoms with Gasteiger partial charge in [-0.05, 0) is 81.3 Å². The summed E-state index contributed by atoms with van der Waals surface area (Å²) in [6.07, 6.45) is 1.09. The summed E-state index contributed by atoms with van der Waals surface area (Å²) in [6, 6.07) is 0. The number of nitrogens with two attached hydrogens (primary N) is 1. The third-order valence-corrected chi connectivity index (χ3v) is 7.54. The molecule has 3 N–H and O–H groups in total. The van der Waals surface area contributed by atoms with Crippen molar-refractivity contribution in [2.45, 2.75) is 52.4 Å². The van der Waals surface area contributed by atoms with Gasteiger partial charge >= 0.3 is 0 Å². The third kappa shape index (κ3) is 4.10. The molecule has 1 aromatic carbocycles. The van der Waals surface area contributed by atoms with Crippen molar-refractivity contribution in [3.63, 3.8) is 0 Å². The summed E-state index contributed by atoms with van der Waals surface area (Å²) in [5, 5.41) is 0. The zero-order chi connectivity index (χ0) is 19.6. The summed E-state index contributed by atoms with van der Waals surface area (Å²) in [5.74, 6) is 0.341. The summed E-state index contributed by atoms with van der Waals surface area (Å²) in [4.78, 5) is 14.4. The van der Waals surface area contributed by atoms with E-state index in [4.69, 9.17) is 5.73 Å². The van der Waals surface area contributed by atoms with Crippen molar-refractivity contribution < 1.29 is 13.2 Å². The van der Waals surface area contributed by atoms with Crippen molar-refractivity contribution >= 4 is 15.9 Å². The van der Waals surface area contributed by atoms with Gasteiger partial charge in [0, 0.05) is 26.1 Å². The van der Waals surface area contributed by atoms with Crippen LogP contribution in [0, 0.1) is 40.5 Å². The van der Waals surface area contributed by atoms with Crippen molar-refractivity contribution in [3.05, 3.63) is 27.8 Å². The van der Waals surface area contributed by atoms with Gasteiger partial charge in [0.15, 0.2) is 0 Å². The molecule has 1 saturated heterocycles. The van der Waals surface area contributed by atoms with Crippen LogP contribution in [0.25, 0.3) is 0 Å². The molecule has 0 bridgehead atoms. The number of hydrogen-bond acceptors (Lipinski definition) is 4. The lowest BCUT2D eigenvalue weighted by atomic mass is 9.95. The number of rotatable bonds is 6. The minimum atomic E-state index is -3.66. The lowest BCUT2D eigenvalue weighted by molar-refractivity contribution is -0.130. The Bertz CT molecular complexity index is 774. The van der Waals surface area contributed by atoms with Gasteiger partial charge in [0.1, 0.15) is 0 Å². The smallest absolute Gasteiger partial charge is 0.241 e. The van der Waals surface area contributed by atoms with Gasteiger partial charge in [-0.25, -0.2) is 13.1 Å². The lowest BCUT2D eigenvalue weighted by Crippen LogP contribution is -2.34. The zero-order valence-corrected chi connectivity index (χ0v) is 17.3. The molecule has 1 heterocycles. The molecular formula is C19H31N3O3S. The fraction of sp³-hybridized carbons (Fsp3) is 0.632. The number of carbonyl (C=O) groups is 1. The van der Waals surface area contributed by atoms with Gasteiger partial charge in [0.05, 0.1) is 4.90 Å². The van der Waals surface area contributed by atoms with E-state index >= 15 is 0 Å². The van der Waals surface area contributed by atoms with Crippen molar-refractivity contribution in [3.8, 4) is 0 Å². The first-order chi connectivity index (χ1) is 12.1. The summed E-state index contributed by atoms with van der Waals surface area (Å²) in [7, 11) is -3.66. The average molecular weight is 382 g/mol. The number of nitrogens with zero attached hydrogens (tertiary/aromatic N) is 1. The molecule has 1 amide bonds. The van der Waals surface area contributed by atoms with E-state index in [9.17, 15) is 13.2 Å². The molecule has 1 unspecified atom stereocenters. The van der Waals surface area contributed by atoms with Crippen LogP contribution in [0.3, 0.4) is 0 Å². The molecule has 0 aliphatic carbocycles. The van der Waals surface area contributed by atoms with Gasteiger partial charge in [0.25, 0.3) is 0 Å². The van der Waals surface area contributed by atoms with Gasteiger partial charge in [-0.2, -0.15) is 0 Å². The van der Waals surface area contributed by atoms with Crippen molar-refractivity contribution in [2.75, 3.05) is 26.2 Å². The highest BCUT2D eigenvalue weighted by molar-refractivity contribution is 7.89. The Labute approximate surface area is 157 Å². The Kier molecular flexibility index (Phi) is 6.47. The van der Waals surface area contributed by atoms with E-state index in [1.807, 2.05) is 34.6 Å². The highest BCUT2D eigenvalue weighted by Crippen LogP contribution is 2.29. The van der Waals surface area contributed by atoms with Crippen LogP contribution < -0.4 is 10.5 Å². The molecule has 1 aliphatic heterocycles. The Morgan fingerprint density at radius 3 is 2.12 bits per heavy atom. The minimum absolute atomic E-state index is 0.0200. The number of benzene rings is 1. The molecule has 1 atom stereocenters. The predicted molar refractivity (Wildman–Crippen MR) is 104 cm³/mol. The van der Waals surface area contributed by atoms with Crippen LogP contribution in [0.1, 0.15) is 40.7 Å². The van der Waals surface area contributed by atoms with Crippen molar-refractivity contribution in [1.82, 2.24) is 9.62 Å². The van der Waals surface area contributed by atoms with E-state index in [1.54, 1.807) is 4.90 Å². The maximum atomic E-state index is 12.8. The molecule has 6 nitrogen and oxygen atoms in total. The highest BCUT2D eigenvalue weighted by atomic mass is 32.2. The van der Waals surface area contributed by atoms with Crippen LogP contribution >= 0.6 is 0 Å². The molecule has 0 aromatic heterocycles. The number of hydrogen-bond donors (Lipinski definition) is 2. The highest BCUT2D eigenvalue weighted by Gasteiger charge is 2.26. The van der Waals surface area contributed by atoms with Crippen molar-refractivity contribution in [1.29, 1.82) is 0 Å². The third-order valence-electron chi connectivity index (χ3n) is 5.80. The SMILES string of the molecule is Cc1c(C)c(C)c(S(=O)(=O)NCCC(=O)N2CCC(CN)C2)c(C)c1C. The monoisotopic (exact) mass is 381 g/mol. The van der Waals surface area contributed by atoms with Crippen LogP contribution in [-0.4, -0.2) is 45.4 Å². The van der Waals surface area contributed by atoms with Crippen molar-refractivity contribution in [2.24, 2.45) is 11.7 Å². The number of sulfonamides is 1. The fourth-order valence-electron chi connectivity index (χ4n) is 3.64. The Balaban J connectivity index is 2.07. The van der Waals surface area contributed by atoms with Crippen LogP contribution in [0.2, 0.25) is 0 Å². The lowest BCUT2D eigenvalue weighted by Gasteiger charge is -2.20. The van der Waals surface area contributed by atoms with E-state index in [0.717, 1.165) is 34.2 Å². The molecule has 0 spiro atoms. The zero-order valence-electron chi connectivity index (χ0n) is 16.5. The second-order valence-electron chi connectivity index (χ2n) is 7.33. The normalized spacial score (nSPS) is 17.8. The minimum Gasteiger partial charge on any atom is -0.342 e. The molecular weight excluding hydrogens is 350 g/mol. The largest absolute Gasteiger partial charge is 0.342 e. The Morgan fingerprint density at radius 2 is 1.62 bits per heavy atom. The van der Waals surface area contributed by atoms with E-state index in [0.29, 0.717) is 30.4 Å². The number of carbonyl (C=O) groups excluding carboxylic acids is 1. The second kappa shape index (κ2) is 8.06. The van der Waals surface area contributed by atoms with E-state index in [-0.39, 0.29) is 18.9 Å². The average Bonchev–Trinajstić information content (AvgIpc) is 3.07. The van der Waals surface area contributed by atoms with E-state index in [2.05, 4.69) is 4.72 Å². The van der Waals surface area contributed by atoms with Crippen LogP contribution in [0.5, 0.6) is 0 Å². The first-order valence-corrected chi connectivity index (χ1v) is 10.6. The number of amides is 1. The predicted octanol–water partition coefficient (Wildman–Crippen LogP) is 1.70. The second-order valence-corrected chi connectivity index (χ2v) is 9.04. The van der Waals surface area contributed by atoms with Gasteiger partial charge in [-0.15, -0.1) is 0 Å². The van der Waals surface area contributed by atoms with E-state index < -0.39 is 10.0 Å². The molecule has 1 aliphatic rings. The molecule has 0 radical (unpaired) electrons. The summed E-state index contributed by atoms with van der Waals surface area (Å²) in [5.41, 5.74) is 10.3. The van der Waals surface area contributed by atoms with Gasteiger partial charge in [-0.3, -0.25) is 4.79 Å². The van der Waals surface area contributed by atoms with Gasteiger partial charge in [0.2, 0.25) is 15.9 Å². The molecule has 2 rings (SSSR count). The molecule has 0 saturated carbocycles. The standard InChI is InChI=1S/C19H31N3O3S/c1-12-13(2)15(4)19(16(5)14(12)3)26(24,25)21-8-6-18(23)22-9-7-17(10-20)11-22/h17,21H,6-11,20H2,1-5H3. The summed E-state index contributed by atoms with van der Waals surface area (Å²) < 4.78 is 28.3. The summed E-state index contributed by atoms with van der Waals surface area (Å²) >= 11 is 0. The maximum absolute atomic E-state index is 12.8. The quantitative estimate of drug-likeness (QED) is 0.784. The fourth-order valence-corrected chi connectivity index (χ4v) is 5.27. The maximum Gasteiger partial charge on any atom is 0.241 e. The molecule has 26 heavy (non-hydrogen) atoms. The molecule has 1 aromatic rings. The first kappa shape index (κ1) is 20.9. The Morgan fingerprint density at radius 1 is 1.08 bits per heavy atom.